The number of quaternary nitrogens is 1. The van der Waals surface area contributed by atoms with Gasteiger partial charge in [0.2, 0.25) is 0 Å². The number of hydrogen-bond donors (Lipinski definition) is 1. The van der Waals surface area contributed by atoms with Crippen LogP contribution in [0.25, 0.3) is 11.3 Å². The minimum Gasteiger partial charge on any atom is -0.497 e. The number of nitrogens with one attached hydrogen (secondary N) is 1. The summed E-state index contributed by atoms with van der Waals surface area (Å²) in [7, 11) is 3.97. The highest BCUT2D eigenvalue weighted by molar-refractivity contribution is 7.10. The first-order valence-electron chi connectivity index (χ1n) is 7.17. The van der Waals surface area contributed by atoms with Crippen molar-refractivity contribution in [1.82, 2.24) is 4.98 Å². The minimum absolute atomic E-state index is 0.663. The average Bonchev–Trinajstić information content (AvgIpc) is 2.98. The standard InChI is InChI=1S/C16H20N2OS/c1-18-9-7-13(8-10-18)16-17-15(11-20-16)12-3-5-14(19-2)6-4-12/h3-6,11,13H,7-10H2,1-2H3/p+1. The smallest absolute Gasteiger partial charge is 0.118 e. The Kier molecular flexibility index (Phi) is 4.03. The molecule has 1 fully saturated rings. The van der Waals surface area contributed by atoms with Crippen LogP contribution < -0.4 is 9.64 Å². The molecule has 4 heteroatoms. The molecule has 1 N–H and O–H groups in total. The first kappa shape index (κ1) is 13.6. The van der Waals surface area contributed by atoms with Crippen LogP contribution in [0.1, 0.15) is 23.8 Å². The van der Waals surface area contributed by atoms with Gasteiger partial charge in [-0.15, -0.1) is 11.3 Å². The maximum atomic E-state index is 5.20. The third kappa shape index (κ3) is 2.86. The second kappa shape index (κ2) is 5.94. The van der Waals surface area contributed by atoms with Crippen molar-refractivity contribution in [2.45, 2.75) is 18.8 Å². The van der Waals surface area contributed by atoms with Crippen molar-refractivity contribution in [2.75, 3.05) is 27.2 Å². The SMILES string of the molecule is COc1ccc(-c2csc(C3CC[NH+](C)CC3)n2)cc1. The van der Waals surface area contributed by atoms with Crippen LogP contribution in [0.15, 0.2) is 29.6 Å². The molecule has 1 aliphatic rings. The Morgan fingerprint density at radius 2 is 1.90 bits per heavy atom. The minimum atomic E-state index is 0.663. The Morgan fingerprint density at radius 1 is 1.20 bits per heavy atom. The van der Waals surface area contributed by atoms with Crippen molar-refractivity contribution in [3.05, 3.63) is 34.7 Å². The molecule has 1 aliphatic heterocycles. The molecule has 0 unspecified atom stereocenters. The second-order valence-corrected chi connectivity index (χ2v) is 6.42. The summed E-state index contributed by atoms with van der Waals surface area (Å²) in [6.07, 6.45) is 2.53. The maximum Gasteiger partial charge on any atom is 0.118 e. The molecule has 0 spiro atoms. The number of aromatic nitrogens is 1. The highest BCUT2D eigenvalue weighted by atomic mass is 32.1. The summed E-state index contributed by atoms with van der Waals surface area (Å²) in [4.78, 5) is 6.50. The van der Waals surface area contributed by atoms with E-state index in [1.165, 1.54) is 36.5 Å². The zero-order chi connectivity index (χ0) is 13.9. The van der Waals surface area contributed by atoms with Crippen molar-refractivity contribution in [3.63, 3.8) is 0 Å². The number of methoxy groups -OCH3 is 1. The van der Waals surface area contributed by atoms with E-state index in [0.29, 0.717) is 5.92 Å². The van der Waals surface area contributed by atoms with Crippen LogP contribution >= 0.6 is 11.3 Å². The lowest BCUT2D eigenvalue weighted by Crippen LogP contribution is -3.10. The molecule has 0 bridgehead atoms. The van der Waals surface area contributed by atoms with Gasteiger partial charge in [0.25, 0.3) is 0 Å². The zero-order valence-electron chi connectivity index (χ0n) is 12.1. The van der Waals surface area contributed by atoms with Gasteiger partial charge in [0, 0.05) is 29.7 Å². The Hall–Kier alpha value is -1.39. The quantitative estimate of drug-likeness (QED) is 0.938. The van der Waals surface area contributed by atoms with Crippen LogP contribution in [-0.2, 0) is 0 Å². The van der Waals surface area contributed by atoms with E-state index in [1.807, 2.05) is 23.5 Å². The van der Waals surface area contributed by atoms with Crippen LogP contribution in [0.2, 0.25) is 0 Å². The van der Waals surface area contributed by atoms with Gasteiger partial charge in [-0.2, -0.15) is 0 Å². The lowest BCUT2D eigenvalue weighted by Gasteiger charge is -2.24. The molecule has 2 aromatic rings. The van der Waals surface area contributed by atoms with Crippen LogP contribution in [0, 0.1) is 0 Å². The third-order valence-corrected chi connectivity index (χ3v) is 5.10. The van der Waals surface area contributed by atoms with Gasteiger partial charge in [0.15, 0.2) is 0 Å². The van der Waals surface area contributed by atoms with Gasteiger partial charge >= 0.3 is 0 Å². The summed E-state index contributed by atoms with van der Waals surface area (Å²) >= 11 is 1.81. The molecule has 0 aliphatic carbocycles. The lowest BCUT2D eigenvalue weighted by atomic mass is 9.98. The van der Waals surface area contributed by atoms with Crippen LogP contribution in [0.3, 0.4) is 0 Å². The largest absolute Gasteiger partial charge is 0.497 e. The van der Waals surface area contributed by atoms with Crippen LogP contribution in [0.5, 0.6) is 5.75 Å². The summed E-state index contributed by atoms with van der Waals surface area (Å²) in [6.45, 7) is 2.53. The van der Waals surface area contributed by atoms with Crippen LogP contribution in [0.4, 0.5) is 0 Å². The van der Waals surface area contributed by atoms with E-state index >= 15 is 0 Å². The molecule has 20 heavy (non-hydrogen) atoms. The fourth-order valence-electron chi connectivity index (χ4n) is 2.73. The van der Waals surface area contributed by atoms with Crippen molar-refractivity contribution in [1.29, 1.82) is 0 Å². The summed E-state index contributed by atoms with van der Waals surface area (Å²) in [5.74, 6) is 1.55. The van der Waals surface area contributed by atoms with Gasteiger partial charge in [-0.05, 0) is 24.3 Å². The number of hydrogen-bond acceptors (Lipinski definition) is 3. The number of ether oxygens (including phenoxy) is 1. The second-order valence-electron chi connectivity index (χ2n) is 5.53. The lowest BCUT2D eigenvalue weighted by molar-refractivity contribution is -0.885. The molecular weight excluding hydrogens is 268 g/mol. The summed E-state index contributed by atoms with van der Waals surface area (Å²) < 4.78 is 5.20. The zero-order valence-corrected chi connectivity index (χ0v) is 12.9. The van der Waals surface area contributed by atoms with E-state index in [2.05, 4.69) is 24.6 Å². The van der Waals surface area contributed by atoms with Gasteiger partial charge in [0.1, 0.15) is 5.75 Å². The summed E-state index contributed by atoms with van der Waals surface area (Å²) in [6, 6.07) is 8.15. The van der Waals surface area contributed by atoms with Gasteiger partial charge < -0.3 is 9.64 Å². The summed E-state index contributed by atoms with van der Waals surface area (Å²) in [5.41, 5.74) is 2.27. The van der Waals surface area contributed by atoms with Crippen molar-refractivity contribution >= 4 is 11.3 Å². The van der Waals surface area contributed by atoms with Crippen molar-refractivity contribution in [3.8, 4) is 17.0 Å². The number of rotatable bonds is 3. The Labute approximate surface area is 124 Å². The topological polar surface area (TPSA) is 26.6 Å². The van der Waals surface area contributed by atoms with E-state index < -0.39 is 0 Å². The molecule has 0 saturated carbocycles. The van der Waals surface area contributed by atoms with Gasteiger partial charge in [0.05, 0.1) is 37.9 Å². The summed E-state index contributed by atoms with van der Waals surface area (Å²) in [5, 5.41) is 3.49. The number of benzene rings is 1. The van der Waals surface area contributed by atoms with E-state index in [9.17, 15) is 0 Å². The molecule has 1 aromatic carbocycles. The Bertz CT molecular complexity index is 556. The van der Waals surface area contributed by atoms with Gasteiger partial charge in [-0.25, -0.2) is 4.98 Å². The molecule has 0 atom stereocenters. The van der Waals surface area contributed by atoms with Crippen molar-refractivity contribution in [2.24, 2.45) is 0 Å². The fourth-order valence-corrected chi connectivity index (χ4v) is 3.73. The number of nitrogens with zero attached hydrogens (tertiary/aromatic N) is 1. The van der Waals surface area contributed by atoms with E-state index in [-0.39, 0.29) is 0 Å². The molecule has 1 saturated heterocycles. The molecular formula is C16H21N2OS+. The van der Waals surface area contributed by atoms with Gasteiger partial charge in [-0.1, -0.05) is 0 Å². The first-order valence-corrected chi connectivity index (χ1v) is 8.05. The maximum absolute atomic E-state index is 5.20. The molecule has 0 amide bonds. The number of piperidine rings is 1. The van der Waals surface area contributed by atoms with E-state index in [4.69, 9.17) is 9.72 Å². The predicted octanol–water partition coefficient (Wildman–Crippen LogP) is 2.21. The molecule has 0 radical (unpaired) electrons. The third-order valence-electron chi connectivity index (χ3n) is 4.10. The normalized spacial score (nSPS) is 22.7. The van der Waals surface area contributed by atoms with Crippen LogP contribution in [-0.4, -0.2) is 32.2 Å². The molecule has 2 heterocycles. The monoisotopic (exact) mass is 289 g/mol. The highest BCUT2D eigenvalue weighted by Crippen LogP contribution is 2.31. The molecule has 3 nitrogen and oxygen atoms in total. The van der Waals surface area contributed by atoms with E-state index in [0.717, 1.165) is 11.4 Å². The van der Waals surface area contributed by atoms with Crippen molar-refractivity contribution < 1.29 is 9.64 Å². The average molecular weight is 289 g/mol. The van der Waals surface area contributed by atoms with Gasteiger partial charge in [-0.3, -0.25) is 0 Å². The Morgan fingerprint density at radius 3 is 2.55 bits per heavy atom. The fraction of sp³-hybridized carbons (Fsp3) is 0.438. The molecule has 106 valence electrons. The van der Waals surface area contributed by atoms with E-state index in [1.54, 1.807) is 12.0 Å². The molecule has 3 rings (SSSR count). The highest BCUT2D eigenvalue weighted by Gasteiger charge is 2.23. The molecule has 1 aromatic heterocycles. The predicted molar refractivity (Wildman–Crippen MR) is 82.7 cm³/mol. The number of likely N-dealkylation sites (tertiary alicyclic amines) is 1. The Balaban J connectivity index is 1.75. The first-order chi connectivity index (χ1) is 9.76. The number of thiazole rings is 1.